The maximum absolute atomic E-state index is 13.8. The first kappa shape index (κ1) is 23.2. The minimum atomic E-state index is -0.544. The van der Waals surface area contributed by atoms with E-state index in [1.165, 1.54) is 22.7 Å². The Morgan fingerprint density at radius 3 is 2.57 bits per heavy atom. The Hall–Kier alpha value is -3.56. The van der Waals surface area contributed by atoms with Gasteiger partial charge in [0.25, 0.3) is 11.5 Å². The van der Waals surface area contributed by atoms with Crippen molar-refractivity contribution in [3.63, 3.8) is 0 Å². The lowest BCUT2D eigenvalue weighted by Gasteiger charge is -2.24. The largest absolute Gasteiger partial charge is 0.322 e. The molecule has 0 saturated heterocycles. The number of allylic oxidation sites excluding steroid dienone is 1. The van der Waals surface area contributed by atoms with E-state index in [1.54, 1.807) is 4.57 Å². The van der Waals surface area contributed by atoms with Gasteiger partial charge in [0, 0.05) is 28.4 Å². The first-order chi connectivity index (χ1) is 16.9. The predicted molar refractivity (Wildman–Crippen MR) is 141 cm³/mol. The number of aromatic nitrogens is 3. The number of para-hydroxylation sites is 1. The van der Waals surface area contributed by atoms with Crippen molar-refractivity contribution >= 4 is 40.3 Å². The number of carbonyl (C=O) groups is 1. The van der Waals surface area contributed by atoms with Crippen LogP contribution in [0.3, 0.4) is 0 Å². The summed E-state index contributed by atoms with van der Waals surface area (Å²) in [6, 6.07) is 12.7. The van der Waals surface area contributed by atoms with Crippen LogP contribution in [0.1, 0.15) is 41.7 Å². The molecule has 1 amide bonds. The maximum Gasteiger partial charge on any atom is 0.271 e. The number of fused-ring (bicyclic) bond motifs is 1. The molecule has 5 rings (SSSR count). The predicted octanol–water partition coefficient (Wildman–Crippen LogP) is 3.77. The van der Waals surface area contributed by atoms with Crippen LogP contribution in [0.15, 0.2) is 68.9 Å². The molecule has 0 saturated carbocycles. The van der Waals surface area contributed by atoms with E-state index in [-0.39, 0.29) is 11.5 Å². The molecule has 9 heteroatoms. The maximum atomic E-state index is 13.8. The van der Waals surface area contributed by atoms with Gasteiger partial charge in [0.05, 0.1) is 21.5 Å². The number of hydrogen-bond acceptors (Lipinski definition) is 6. The summed E-state index contributed by atoms with van der Waals surface area (Å²) in [6.07, 6.45) is 1.90. The molecule has 1 unspecified atom stereocenters. The molecule has 4 aromatic rings. The van der Waals surface area contributed by atoms with Crippen molar-refractivity contribution in [2.24, 2.45) is 4.99 Å². The fourth-order valence-electron chi connectivity index (χ4n) is 4.41. The average molecular weight is 504 g/mol. The third-order valence-electron chi connectivity index (χ3n) is 6.12. The second-order valence-corrected chi connectivity index (χ2v) is 10.3. The molecule has 1 N–H and O–H groups in total. The number of thiazole rings is 1. The SMILES string of the molecule is CCn1nc(C)c(C=c2sc3n(c2=O)C(c2cccs2)C(C(=O)Nc2ccccc2)=C(C)N=3)c1C. The summed E-state index contributed by atoms with van der Waals surface area (Å²) < 4.78 is 4.16. The molecule has 0 fully saturated rings. The van der Waals surface area contributed by atoms with Crippen LogP contribution in [-0.4, -0.2) is 20.3 Å². The van der Waals surface area contributed by atoms with Crippen LogP contribution in [0, 0.1) is 13.8 Å². The third-order valence-corrected chi connectivity index (χ3v) is 8.03. The second-order valence-electron chi connectivity index (χ2n) is 8.32. The Balaban J connectivity index is 1.67. The normalized spacial score (nSPS) is 15.8. The summed E-state index contributed by atoms with van der Waals surface area (Å²) in [6.45, 7) is 8.60. The summed E-state index contributed by atoms with van der Waals surface area (Å²) in [5.74, 6) is -0.263. The van der Waals surface area contributed by atoms with Crippen molar-refractivity contribution in [3.8, 4) is 0 Å². The number of aryl methyl sites for hydroxylation is 2. The molecule has 1 aliphatic heterocycles. The van der Waals surface area contributed by atoms with Gasteiger partial charge in [-0.25, -0.2) is 4.99 Å². The van der Waals surface area contributed by atoms with Gasteiger partial charge < -0.3 is 5.32 Å². The number of carbonyl (C=O) groups excluding carboxylic acids is 1. The topological polar surface area (TPSA) is 81.3 Å². The van der Waals surface area contributed by atoms with E-state index < -0.39 is 6.04 Å². The molecule has 1 aromatic carbocycles. The number of benzene rings is 1. The number of hydrogen-bond donors (Lipinski definition) is 1. The van der Waals surface area contributed by atoms with Crippen molar-refractivity contribution in [1.29, 1.82) is 0 Å². The lowest BCUT2D eigenvalue weighted by molar-refractivity contribution is -0.113. The Morgan fingerprint density at radius 2 is 1.91 bits per heavy atom. The van der Waals surface area contributed by atoms with Gasteiger partial charge in [-0.15, -0.1) is 11.3 Å². The van der Waals surface area contributed by atoms with Crippen LogP contribution in [0.5, 0.6) is 0 Å². The molecule has 3 aromatic heterocycles. The lowest BCUT2D eigenvalue weighted by Crippen LogP contribution is -2.40. The summed E-state index contributed by atoms with van der Waals surface area (Å²) >= 11 is 2.86. The van der Waals surface area contributed by atoms with E-state index in [1.807, 2.05) is 86.3 Å². The van der Waals surface area contributed by atoms with Gasteiger partial charge in [0.1, 0.15) is 6.04 Å². The zero-order valence-corrected chi connectivity index (χ0v) is 21.5. The molecule has 4 heterocycles. The van der Waals surface area contributed by atoms with Crippen LogP contribution in [0.2, 0.25) is 0 Å². The van der Waals surface area contributed by atoms with Gasteiger partial charge >= 0.3 is 0 Å². The second kappa shape index (κ2) is 9.24. The third kappa shape index (κ3) is 4.11. The molecular formula is C26H25N5O2S2. The molecule has 0 aliphatic carbocycles. The number of anilines is 1. The minimum absolute atomic E-state index is 0.160. The van der Waals surface area contributed by atoms with E-state index in [2.05, 4.69) is 10.4 Å². The fraction of sp³-hybridized carbons (Fsp3) is 0.231. The molecule has 0 bridgehead atoms. The van der Waals surface area contributed by atoms with E-state index in [0.29, 0.717) is 26.3 Å². The highest BCUT2D eigenvalue weighted by molar-refractivity contribution is 7.10. The van der Waals surface area contributed by atoms with Crippen LogP contribution in [0.25, 0.3) is 6.08 Å². The highest BCUT2D eigenvalue weighted by Gasteiger charge is 2.33. The molecule has 7 nitrogen and oxygen atoms in total. The molecule has 1 atom stereocenters. The molecule has 1 aliphatic rings. The van der Waals surface area contributed by atoms with Gasteiger partial charge in [-0.2, -0.15) is 5.10 Å². The zero-order valence-electron chi connectivity index (χ0n) is 19.9. The molecular weight excluding hydrogens is 478 g/mol. The van der Waals surface area contributed by atoms with E-state index in [4.69, 9.17) is 4.99 Å². The van der Waals surface area contributed by atoms with Gasteiger partial charge in [0.2, 0.25) is 0 Å². The van der Waals surface area contributed by atoms with E-state index >= 15 is 0 Å². The Kier molecular flexibility index (Phi) is 6.12. The van der Waals surface area contributed by atoms with Crippen molar-refractivity contribution in [2.75, 3.05) is 5.32 Å². The zero-order chi connectivity index (χ0) is 24.7. The van der Waals surface area contributed by atoms with Crippen molar-refractivity contribution in [2.45, 2.75) is 40.3 Å². The molecule has 35 heavy (non-hydrogen) atoms. The van der Waals surface area contributed by atoms with Crippen LogP contribution in [-0.2, 0) is 11.3 Å². The van der Waals surface area contributed by atoms with Crippen molar-refractivity contribution < 1.29 is 4.79 Å². The fourth-order valence-corrected chi connectivity index (χ4v) is 6.26. The van der Waals surface area contributed by atoms with E-state index in [9.17, 15) is 9.59 Å². The van der Waals surface area contributed by atoms with Gasteiger partial charge in [-0.05, 0) is 57.4 Å². The van der Waals surface area contributed by atoms with Crippen LogP contribution < -0.4 is 20.2 Å². The smallest absolute Gasteiger partial charge is 0.271 e. The Labute approximate surface area is 210 Å². The standard InChI is InChI=1S/C26H25N5O2S2/c1-5-30-17(4)19(15(2)29-30)14-21-25(33)31-23(20-12-9-13-34-20)22(16(3)27-26(31)35-21)24(32)28-18-10-7-6-8-11-18/h6-14,23H,5H2,1-4H3,(H,28,32). The Bertz CT molecular complexity index is 1620. The number of amides is 1. The average Bonchev–Trinajstić information content (AvgIpc) is 3.54. The number of rotatable bonds is 5. The molecule has 0 spiro atoms. The Morgan fingerprint density at radius 1 is 1.14 bits per heavy atom. The first-order valence-electron chi connectivity index (χ1n) is 11.4. The van der Waals surface area contributed by atoms with E-state index in [0.717, 1.165) is 28.4 Å². The summed E-state index contributed by atoms with van der Waals surface area (Å²) in [7, 11) is 0. The first-order valence-corrected chi connectivity index (χ1v) is 13.0. The number of nitrogens with one attached hydrogen (secondary N) is 1. The summed E-state index contributed by atoms with van der Waals surface area (Å²) in [4.78, 5) is 33.4. The lowest BCUT2D eigenvalue weighted by atomic mass is 10.0. The quantitative estimate of drug-likeness (QED) is 0.450. The van der Waals surface area contributed by atoms with Gasteiger partial charge in [-0.3, -0.25) is 18.8 Å². The van der Waals surface area contributed by atoms with Crippen LogP contribution in [0.4, 0.5) is 5.69 Å². The highest BCUT2D eigenvalue weighted by Crippen LogP contribution is 2.33. The van der Waals surface area contributed by atoms with Crippen molar-refractivity contribution in [1.82, 2.24) is 14.3 Å². The van der Waals surface area contributed by atoms with Gasteiger partial charge in [-0.1, -0.05) is 35.6 Å². The monoisotopic (exact) mass is 503 g/mol. The summed E-state index contributed by atoms with van der Waals surface area (Å²) in [5.41, 5.74) is 4.46. The van der Waals surface area contributed by atoms with Gasteiger partial charge in [0.15, 0.2) is 4.80 Å². The molecule has 178 valence electrons. The minimum Gasteiger partial charge on any atom is -0.322 e. The number of thiophene rings is 1. The molecule has 0 radical (unpaired) electrons. The highest BCUT2D eigenvalue weighted by atomic mass is 32.1. The summed E-state index contributed by atoms with van der Waals surface area (Å²) in [5, 5.41) is 9.51. The van der Waals surface area contributed by atoms with Crippen LogP contribution >= 0.6 is 22.7 Å². The number of nitrogens with zero attached hydrogens (tertiary/aromatic N) is 4. The van der Waals surface area contributed by atoms with Crippen molar-refractivity contribution in [3.05, 3.63) is 101 Å².